The maximum Gasteiger partial charge on any atom is 0.259 e. The zero-order chi connectivity index (χ0) is 13.6. The highest BCUT2D eigenvalue weighted by Crippen LogP contribution is 2.31. The minimum atomic E-state index is -0.374. The zero-order valence-corrected chi connectivity index (χ0v) is 10.2. The van der Waals surface area contributed by atoms with Crippen molar-refractivity contribution in [3.8, 4) is 16.9 Å². The van der Waals surface area contributed by atoms with Crippen LogP contribution in [-0.4, -0.2) is 16.9 Å². The Labute approximate surface area is 109 Å². The third-order valence-corrected chi connectivity index (χ3v) is 3.27. The molecule has 4 heteroatoms. The smallest absolute Gasteiger partial charge is 0.259 e. The fraction of sp³-hybridized carbons (Fsp3) is 0.0667. The van der Waals surface area contributed by atoms with Gasteiger partial charge in [0.05, 0.1) is 11.1 Å². The number of amides is 2. The second-order valence-corrected chi connectivity index (χ2v) is 4.51. The first-order valence-corrected chi connectivity index (χ1v) is 5.86. The van der Waals surface area contributed by atoms with Crippen LogP contribution in [0.5, 0.6) is 5.75 Å². The van der Waals surface area contributed by atoms with E-state index in [4.69, 9.17) is 0 Å². The number of aryl methyl sites for hydroxylation is 1. The molecule has 0 radical (unpaired) electrons. The van der Waals surface area contributed by atoms with Crippen LogP contribution in [0.3, 0.4) is 0 Å². The Balaban J connectivity index is 2.25. The normalized spacial score (nSPS) is 13.3. The van der Waals surface area contributed by atoms with Crippen molar-refractivity contribution in [3.63, 3.8) is 0 Å². The Morgan fingerprint density at radius 2 is 1.74 bits per heavy atom. The number of carbonyl (C=O) groups excluding carboxylic acids is 2. The van der Waals surface area contributed by atoms with E-state index in [9.17, 15) is 14.7 Å². The Hall–Kier alpha value is -2.62. The summed E-state index contributed by atoms with van der Waals surface area (Å²) in [6.45, 7) is 1.78. The molecule has 0 unspecified atom stereocenters. The molecule has 0 saturated carbocycles. The molecular weight excluding hydrogens is 242 g/mol. The van der Waals surface area contributed by atoms with E-state index >= 15 is 0 Å². The lowest BCUT2D eigenvalue weighted by Crippen LogP contribution is -2.20. The molecule has 0 aromatic heterocycles. The van der Waals surface area contributed by atoms with Gasteiger partial charge < -0.3 is 5.11 Å². The first-order valence-electron chi connectivity index (χ1n) is 5.86. The maximum absolute atomic E-state index is 11.8. The fourth-order valence-corrected chi connectivity index (χ4v) is 2.28. The maximum atomic E-state index is 11.8. The number of benzene rings is 2. The van der Waals surface area contributed by atoms with Crippen molar-refractivity contribution in [1.29, 1.82) is 0 Å². The molecule has 2 N–H and O–H groups in total. The summed E-state index contributed by atoms with van der Waals surface area (Å²) in [5, 5.41) is 11.8. The van der Waals surface area contributed by atoms with E-state index in [1.54, 1.807) is 43.3 Å². The average Bonchev–Trinajstić information content (AvgIpc) is 2.69. The number of aromatic hydroxyl groups is 1. The molecule has 0 aliphatic carbocycles. The van der Waals surface area contributed by atoms with Gasteiger partial charge in [0.25, 0.3) is 11.8 Å². The van der Waals surface area contributed by atoms with Gasteiger partial charge in [0.2, 0.25) is 0 Å². The summed E-state index contributed by atoms with van der Waals surface area (Å²) < 4.78 is 0. The molecule has 2 aromatic rings. The lowest BCUT2D eigenvalue weighted by Gasteiger charge is -2.08. The van der Waals surface area contributed by atoms with Crippen LogP contribution in [-0.2, 0) is 0 Å². The first kappa shape index (κ1) is 11.5. The molecule has 0 bridgehead atoms. The van der Waals surface area contributed by atoms with Gasteiger partial charge in [-0.05, 0) is 41.8 Å². The van der Waals surface area contributed by atoms with E-state index in [-0.39, 0.29) is 17.6 Å². The highest BCUT2D eigenvalue weighted by Gasteiger charge is 2.29. The van der Waals surface area contributed by atoms with E-state index in [1.807, 2.05) is 0 Å². The molecule has 0 spiro atoms. The molecule has 1 aliphatic rings. The number of imide groups is 1. The molecule has 1 heterocycles. The van der Waals surface area contributed by atoms with Crippen LogP contribution < -0.4 is 5.32 Å². The number of phenolic OH excluding ortho intramolecular Hbond substituents is 1. The Kier molecular flexibility index (Phi) is 2.38. The van der Waals surface area contributed by atoms with Crippen molar-refractivity contribution in [2.75, 3.05) is 0 Å². The van der Waals surface area contributed by atoms with E-state index in [1.165, 1.54) is 0 Å². The van der Waals surface area contributed by atoms with Gasteiger partial charge in [-0.25, -0.2) is 0 Å². The van der Waals surface area contributed by atoms with Crippen LogP contribution in [0.15, 0.2) is 36.4 Å². The van der Waals surface area contributed by atoms with Crippen LogP contribution in [0, 0.1) is 6.92 Å². The topological polar surface area (TPSA) is 66.4 Å². The molecule has 0 atom stereocenters. The van der Waals surface area contributed by atoms with Crippen molar-refractivity contribution >= 4 is 11.8 Å². The molecule has 2 amide bonds. The van der Waals surface area contributed by atoms with Crippen LogP contribution >= 0.6 is 0 Å². The minimum Gasteiger partial charge on any atom is -0.508 e. The molecule has 19 heavy (non-hydrogen) atoms. The highest BCUT2D eigenvalue weighted by atomic mass is 16.3. The summed E-state index contributed by atoms with van der Waals surface area (Å²) >= 11 is 0. The van der Waals surface area contributed by atoms with Gasteiger partial charge in [-0.3, -0.25) is 14.9 Å². The molecule has 4 nitrogen and oxygen atoms in total. The van der Waals surface area contributed by atoms with Crippen LogP contribution in [0.1, 0.15) is 26.3 Å². The number of nitrogens with one attached hydrogen (secondary N) is 1. The van der Waals surface area contributed by atoms with Gasteiger partial charge in [0, 0.05) is 0 Å². The molecule has 0 saturated heterocycles. The summed E-state index contributed by atoms with van der Waals surface area (Å²) in [6.07, 6.45) is 0. The van der Waals surface area contributed by atoms with Crippen molar-refractivity contribution < 1.29 is 14.7 Å². The minimum absolute atomic E-state index is 0.205. The lowest BCUT2D eigenvalue weighted by molar-refractivity contribution is 0.0880. The van der Waals surface area contributed by atoms with Crippen LogP contribution in [0.25, 0.3) is 11.1 Å². The average molecular weight is 253 g/mol. The molecule has 1 aliphatic heterocycles. The Morgan fingerprint density at radius 1 is 1.00 bits per heavy atom. The number of hydrogen-bond donors (Lipinski definition) is 2. The van der Waals surface area contributed by atoms with Gasteiger partial charge in [-0.15, -0.1) is 0 Å². The van der Waals surface area contributed by atoms with E-state index in [0.29, 0.717) is 16.7 Å². The molecule has 2 aromatic carbocycles. The number of hydrogen-bond acceptors (Lipinski definition) is 3. The monoisotopic (exact) mass is 253 g/mol. The second kappa shape index (κ2) is 3.95. The summed E-state index contributed by atoms with van der Waals surface area (Å²) in [5.74, 6) is -0.532. The SMILES string of the molecule is Cc1cc(-c2cccc3c2C(=O)NC3=O)ccc1O. The fourth-order valence-electron chi connectivity index (χ4n) is 2.28. The van der Waals surface area contributed by atoms with Gasteiger partial charge in [0.1, 0.15) is 5.75 Å². The van der Waals surface area contributed by atoms with Crippen molar-refractivity contribution in [3.05, 3.63) is 53.1 Å². The predicted molar refractivity (Wildman–Crippen MR) is 70.1 cm³/mol. The van der Waals surface area contributed by atoms with Crippen molar-refractivity contribution in [1.82, 2.24) is 5.32 Å². The molecule has 94 valence electrons. The van der Waals surface area contributed by atoms with Gasteiger partial charge in [0.15, 0.2) is 0 Å². The first-order chi connectivity index (χ1) is 9.08. The second-order valence-electron chi connectivity index (χ2n) is 4.51. The Bertz CT molecular complexity index is 719. The predicted octanol–water partition coefficient (Wildman–Crippen LogP) is 2.25. The van der Waals surface area contributed by atoms with Crippen LogP contribution in [0.4, 0.5) is 0 Å². The van der Waals surface area contributed by atoms with E-state index < -0.39 is 0 Å². The standard InChI is InChI=1S/C15H11NO3/c1-8-7-9(5-6-12(8)17)10-3-2-4-11-13(10)15(19)16-14(11)18/h2-7,17H,1H3,(H,16,18,19). The van der Waals surface area contributed by atoms with Crippen LogP contribution in [0.2, 0.25) is 0 Å². The summed E-state index contributed by atoms with van der Waals surface area (Å²) in [6, 6.07) is 10.3. The highest BCUT2D eigenvalue weighted by molar-refractivity contribution is 6.24. The molecule has 0 fully saturated rings. The lowest BCUT2D eigenvalue weighted by atomic mass is 9.95. The van der Waals surface area contributed by atoms with Crippen molar-refractivity contribution in [2.45, 2.75) is 6.92 Å². The third-order valence-electron chi connectivity index (χ3n) is 3.27. The summed E-state index contributed by atoms with van der Waals surface area (Å²) in [7, 11) is 0. The number of phenols is 1. The Morgan fingerprint density at radius 3 is 2.47 bits per heavy atom. The van der Waals surface area contributed by atoms with Gasteiger partial charge in [-0.2, -0.15) is 0 Å². The van der Waals surface area contributed by atoms with Gasteiger partial charge in [-0.1, -0.05) is 18.2 Å². The van der Waals surface area contributed by atoms with Crippen molar-refractivity contribution in [2.24, 2.45) is 0 Å². The van der Waals surface area contributed by atoms with E-state index in [0.717, 1.165) is 11.1 Å². The summed E-state index contributed by atoms with van der Waals surface area (Å²) in [5.41, 5.74) is 3.02. The zero-order valence-electron chi connectivity index (χ0n) is 10.2. The number of fused-ring (bicyclic) bond motifs is 1. The largest absolute Gasteiger partial charge is 0.508 e. The quantitative estimate of drug-likeness (QED) is 0.766. The molecule has 3 rings (SSSR count). The molecular formula is C15H11NO3. The van der Waals surface area contributed by atoms with Gasteiger partial charge >= 0.3 is 0 Å². The third kappa shape index (κ3) is 1.69. The van der Waals surface area contributed by atoms with E-state index in [2.05, 4.69) is 5.32 Å². The summed E-state index contributed by atoms with van der Waals surface area (Å²) in [4.78, 5) is 23.4. The number of carbonyl (C=O) groups is 2. The number of rotatable bonds is 1.